The van der Waals surface area contributed by atoms with Crippen LogP contribution < -0.4 is 0 Å². The Morgan fingerprint density at radius 2 is 2.11 bits per heavy atom. The standard InChI is InChI=1S/C11H20N2O4S/c1-8(6-11(15)16)5-10(14)13(2)9-3-4-18(12,17)7-9/h8-9,12H,3-7H2,1-2H3,(H,15,16). The number of carboxylic acid groups (broad SMARTS) is 1. The summed E-state index contributed by atoms with van der Waals surface area (Å²) in [4.78, 5) is 24.0. The zero-order chi connectivity index (χ0) is 13.9. The number of rotatable bonds is 5. The number of carbonyl (C=O) groups is 2. The highest BCUT2D eigenvalue weighted by molar-refractivity contribution is 7.92. The highest BCUT2D eigenvalue weighted by Gasteiger charge is 2.30. The van der Waals surface area contributed by atoms with Crippen LogP contribution in [0.5, 0.6) is 0 Å². The van der Waals surface area contributed by atoms with Gasteiger partial charge in [0, 0.05) is 41.4 Å². The first-order chi connectivity index (χ1) is 8.21. The van der Waals surface area contributed by atoms with E-state index in [1.54, 1.807) is 14.0 Å². The molecule has 2 N–H and O–H groups in total. The number of hydrogen-bond acceptors (Lipinski definition) is 4. The number of carbonyl (C=O) groups excluding carboxylic acids is 1. The van der Waals surface area contributed by atoms with Crippen molar-refractivity contribution in [3.05, 3.63) is 0 Å². The molecule has 7 heteroatoms. The van der Waals surface area contributed by atoms with Crippen LogP contribution in [-0.2, 0) is 19.3 Å². The average molecular weight is 276 g/mol. The summed E-state index contributed by atoms with van der Waals surface area (Å²) in [5.41, 5.74) is 0. The van der Waals surface area contributed by atoms with Crippen LogP contribution in [0.2, 0.25) is 0 Å². The monoisotopic (exact) mass is 276 g/mol. The van der Waals surface area contributed by atoms with Gasteiger partial charge in [-0.25, -0.2) is 4.21 Å². The number of hydrogen-bond donors (Lipinski definition) is 2. The zero-order valence-corrected chi connectivity index (χ0v) is 11.5. The Labute approximate surface area is 107 Å². The third kappa shape index (κ3) is 4.29. The van der Waals surface area contributed by atoms with Gasteiger partial charge in [0.25, 0.3) is 0 Å². The quantitative estimate of drug-likeness (QED) is 0.774. The first kappa shape index (κ1) is 14.9. The molecule has 0 aromatic heterocycles. The summed E-state index contributed by atoms with van der Waals surface area (Å²) in [6.07, 6.45) is 0.746. The normalized spacial score (nSPS) is 28.9. The van der Waals surface area contributed by atoms with Crippen LogP contribution in [0.1, 0.15) is 26.2 Å². The fraction of sp³-hybridized carbons (Fsp3) is 0.818. The van der Waals surface area contributed by atoms with E-state index < -0.39 is 15.7 Å². The van der Waals surface area contributed by atoms with Crippen molar-refractivity contribution in [2.24, 2.45) is 5.92 Å². The van der Waals surface area contributed by atoms with Crippen LogP contribution in [-0.4, -0.2) is 50.7 Å². The van der Waals surface area contributed by atoms with Gasteiger partial charge in [0.1, 0.15) is 0 Å². The van der Waals surface area contributed by atoms with Crippen LogP contribution in [0, 0.1) is 10.7 Å². The van der Waals surface area contributed by atoms with Gasteiger partial charge < -0.3 is 10.0 Å². The van der Waals surface area contributed by atoms with Crippen molar-refractivity contribution in [1.29, 1.82) is 4.78 Å². The third-order valence-corrected chi connectivity index (χ3v) is 5.05. The van der Waals surface area contributed by atoms with Crippen molar-refractivity contribution in [3.8, 4) is 0 Å². The lowest BCUT2D eigenvalue weighted by Gasteiger charge is -2.24. The number of nitrogens with zero attached hydrogens (tertiary/aromatic N) is 1. The maximum Gasteiger partial charge on any atom is 0.303 e. The first-order valence-corrected chi connectivity index (χ1v) is 7.82. The number of aliphatic carboxylic acids is 1. The van der Waals surface area contributed by atoms with Gasteiger partial charge in [-0.15, -0.1) is 0 Å². The molecule has 1 rings (SSSR count). The molecule has 3 atom stereocenters. The molecule has 1 saturated heterocycles. The molecular weight excluding hydrogens is 256 g/mol. The van der Waals surface area contributed by atoms with Crippen molar-refractivity contribution in [3.63, 3.8) is 0 Å². The molecule has 1 aliphatic rings. The van der Waals surface area contributed by atoms with Gasteiger partial charge in [0.15, 0.2) is 0 Å². The van der Waals surface area contributed by atoms with E-state index in [9.17, 15) is 13.8 Å². The molecule has 0 spiro atoms. The molecule has 0 aromatic carbocycles. The molecule has 1 fully saturated rings. The number of nitrogens with one attached hydrogen (secondary N) is 1. The lowest BCUT2D eigenvalue weighted by molar-refractivity contribution is -0.138. The molecule has 0 aromatic rings. The Kier molecular flexibility index (Phi) is 4.72. The molecule has 0 radical (unpaired) electrons. The molecule has 1 aliphatic heterocycles. The fourth-order valence-electron chi connectivity index (χ4n) is 2.13. The Balaban J connectivity index is 2.49. The van der Waals surface area contributed by atoms with Gasteiger partial charge >= 0.3 is 5.97 Å². The van der Waals surface area contributed by atoms with Crippen LogP contribution >= 0.6 is 0 Å². The van der Waals surface area contributed by atoms with Crippen molar-refractivity contribution in [2.75, 3.05) is 18.6 Å². The molecule has 104 valence electrons. The first-order valence-electron chi connectivity index (χ1n) is 5.93. The largest absolute Gasteiger partial charge is 0.481 e. The summed E-state index contributed by atoms with van der Waals surface area (Å²) in [6.45, 7) is 1.72. The van der Waals surface area contributed by atoms with E-state index >= 15 is 0 Å². The maximum absolute atomic E-state index is 11.9. The minimum Gasteiger partial charge on any atom is -0.481 e. The fourth-order valence-corrected chi connectivity index (χ4v) is 3.96. The average Bonchev–Trinajstić information content (AvgIpc) is 2.56. The maximum atomic E-state index is 11.9. The Hall–Kier alpha value is -1.11. The second kappa shape index (κ2) is 5.69. The molecule has 1 heterocycles. The van der Waals surface area contributed by atoms with E-state index in [0.29, 0.717) is 12.2 Å². The van der Waals surface area contributed by atoms with Gasteiger partial charge in [-0.2, -0.15) is 0 Å². The molecule has 0 bridgehead atoms. The molecular formula is C11H20N2O4S. The smallest absolute Gasteiger partial charge is 0.303 e. The molecule has 3 unspecified atom stereocenters. The van der Waals surface area contributed by atoms with Gasteiger partial charge in [-0.05, 0) is 12.3 Å². The predicted molar refractivity (Wildman–Crippen MR) is 67.8 cm³/mol. The number of amides is 1. The lowest BCUT2D eigenvalue weighted by Crippen LogP contribution is -2.38. The molecule has 0 aliphatic carbocycles. The van der Waals surface area contributed by atoms with Gasteiger partial charge in [0.05, 0.1) is 5.75 Å². The summed E-state index contributed by atoms with van der Waals surface area (Å²) in [7, 11) is -0.869. The summed E-state index contributed by atoms with van der Waals surface area (Å²) in [6, 6.07) is -0.139. The minimum atomic E-state index is -2.51. The number of carboxylic acids is 1. The van der Waals surface area contributed by atoms with Gasteiger partial charge in [-0.1, -0.05) is 6.92 Å². The van der Waals surface area contributed by atoms with Crippen LogP contribution in [0.4, 0.5) is 0 Å². The Bertz CT molecular complexity index is 432. The molecule has 0 saturated carbocycles. The van der Waals surface area contributed by atoms with Crippen LogP contribution in [0.3, 0.4) is 0 Å². The van der Waals surface area contributed by atoms with Crippen LogP contribution in [0.15, 0.2) is 0 Å². The van der Waals surface area contributed by atoms with E-state index in [1.165, 1.54) is 4.90 Å². The second-order valence-electron chi connectivity index (χ2n) is 5.04. The van der Waals surface area contributed by atoms with E-state index in [4.69, 9.17) is 9.89 Å². The van der Waals surface area contributed by atoms with Crippen molar-refractivity contribution in [2.45, 2.75) is 32.2 Å². The highest BCUT2D eigenvalue weighted by Crippen LogP contribution is 2.19. The van der Waals surface area contributed by atoms with E-state index in [-0.39, 0.29) is 36.5 Å². The van der Waals surface area contributed by atoms with Crippen LogP contribution in [0.25, 0.3) is 0 Å². The summed E-state index contributed by atoms with van der Waals surface area (Å²) in [5, 5.41) is 8.63. The SMILES string of the molecule is CC(CC(=O)O)CC(=O)N(C)C1CCS(=N)(=O)C1. The third-order valence-electron chi connectivity index (χ3n) is 3.23. The molecule has 18 heavy (non-hydrogen) atoms. The van der Waals surface area contributed by atoms with Crippen molar-refractivity contribution in [1.82, 2.24) is 4.90 Å². The van der Waals surface area contributed by atoms with Gasteiger partial charge in [-0.3, -0.25) is 14.4 Å². The van der Waals surface area contributed by atoms with Crippen molar-refractivity contribution < 1.29 is 18.9 Å². The Morgan fingerprint density at radius 1 is 1.50 bits per heavy atom. The van der Waals surface area contributed by atoms with Gasteiger partial charge in [0.2, 0.25) is 5.91 Å². The lowest BCUT2D eigenvalue weighted by atomic mass is 10.0. The predicted octanol–water partition coefficient (Wildman–Crippen LogP) is 0.765. The Morgan fingerprint density at radius 3 is 2.56 bits per heavy atom. The minimum absolute atomic E-state index is 0.0283. The highest BCUT2D eigenvalue weighted by atomic mass is 32.2. The van der Waals surface area contributed by atoms with E-state index in [2.05, 4.69) is 0 Å². The topological polar surface area (TPSA) is 98.5 Å². The second-order valence-corrected chi connectivity index (χ2v) is 7.40. The molecule has 6 nitrogen and oxygen atoms in total. The summed E-state index contributed by atoms with van der Waals surface area (Å²) in [5.74, 6) is -0.666. The summed E-state index contributed by atoms with van der Waals surface area (Å²) < 4.78 is 19.0. The molecule has 1 amide bonds. The summed E-state index contributed by atoms with van der Waals surface area (Å²) >= 11 is 0. The van der Waals surface area contributed by atoms with Crippen molar-refractivity contribution >= 4 is 21.6 Å². The zero-order valence-electron chi connectivity index (χ0n) is 10.7. The van der Waals surface area contributed by atoms with E-state index in [0.717, 1.165) is 0 Å². The van der Waals surface area contributed by atoms with E-state index in [1.807, 2.05) is 0 Å².